The molecular weight excluding hydrogens is 529 g/mol. The summed E-state index contributed by atoms with van der Waals surface area (Å²) in [6.07, 6.45) is 1.10. The SMILES string of the molecule is CC(C)NC(=O)C(Cc1ccccc1)N(Cc1ccc(Cl)cc1)C(=O)CN(c1ccccc1F)S(C)(=O)=O. The Labute approximate surface area is 228 Å². The maximum Gasteiger partial charge on any atom is 0.244 e. The van der Waals surface area contributed by atoms with Crippen molar-refractivity contribution < 1.29 is 22.4 Å². The van der Waals surface area contributed by atoms with E-state index in [0.29, 0.717) is 10.6 Å². The molecule has 0 fully saturated rings. The second kappa shape index (κ2) is 12.9. The van der Waals surface area contributed by atoms with Crippen molar-refractivity contribution in [1.82, 2.24) is 10.2 Å². The Morgan fingerprint density at radius 3 is 2.11 bits per heavy atom. The number of hydrogen-bond donors (Lipinski definition) is 1. The molecule has 10 heteroatoms. The summed E-state index contributed by atoms with van der Waals surface area (Å²) in [5.74, 6) is -1.83. The number of anilines is 1. The van der Waals surface area contributed by atoms with E-state index in [1.165, 1.54) is 23.1 Å². The van der Waals surface area contributed by atoms with E-state index in [0.717, 1.165) is 22.2 Å². The van der Waals surface area contributed by atoms with Gasteiger partial charge in [-0.3, -0.25) is 13.9 Å². The van der Waals surface area contributed by atoms with Crippen LogP contribution in [0.4, 0.5) is 10.1 Å². The smallest absolute Gasteiger partial charge is 0.244 e. The molecule has 0 bridgehead atoms. The van der Waals surface area contributed by atoms with Crippen LogP contribution in [0.1, 0.15) is 25.0 Å². The van der Waals surface area contributed by atoms with Crippen LogP contribution < -0.4 is 9.62 Å². The molecule has 0 saturated heterocycles. The molecule has 0 saturated carbocycles. The third-order valence-electron chi connectivity index (χ3n) is 5.77. The van der Waals surface area contributed by atoms with Crippen LogP contribution in [-0.2, 0) is 32.6 Å². The number of rotatable bonds is 11. The van der Waals surface area contributed by atoms with Crippen molar-refractivity contribution in [2.75, 3.05) is 17.1 Å². The predicted octanol–water partition coefficient (Wildman–Crippen LogP) is 4.41. The summed E-state index contributed by atoms with van der Waals surface area (Å²) < 4.78 is 40.7. The lowest BCUT2D eigenvalue weighted by molar-refractivity contribution is -0.140. The number of hydrogen-bond acceptors (Lipinski definition) is 4. The molecule has 0 spiro atoms. The van der Waals surface area contributed by atoms with Crippen molar-refractivity contribution in [3.8, 4) is 0 Å². The number of halogens is 2. The predicted molar refractivity (Wildman–Crippen MR) is 148 cm³/mol. The molecule has 7 nitrogen and oxygen atoms in total. The van der Waals surface area contributed by atoms with Crippen LogP contribution in [0.15, 0.2) is 78.9 Å². The van der Waals surface area contributed by atoms with Crippen LogP contribution in [0.5, 0.6) is 0 Å². The van der Waals surface area contributed by atoms with E-state index in [2.05, 4.69) is 5.32 Å². The first-order valence-electron chi connectivity index (χ1n) is 12.1. The molecule has 0 aromatic heterocycles. The maximum absolute atomic E-state index is 14.6. The molecule has 38 heavy (non-hydrogen) atoms. The first kappa shape index (κ1) is 29.1. The molecule has 1 N–H and O–H groups in total. The summed E-state index contributed by atoms with van der Waals surface area (Å²) in [6.45, 7) is 2.94. The van der Waals surface area contributed by atoms with Gasteiger partial charge in [0.05, 0.1) is 11.9 Å². The Morgan fingerprint density at radius 1 is 0.921 bits per heavy atom. The van der Waals surface area contributed by atoms with Gasteiger partial charge in [-0.05, 0) is 49.2 Å². The van der Waals surface area contributed by atoms with Gasteiger partial charge in [-0.2, -0.15) is 0 Å². The number of amides is 2. The number of nitrogens with zero attached hydrogens (tertiary/aromatic N) is 2. The summed E-state index contributed by atoms with van der Waals surface area (Å²) in [4.78, 5) is 28.6. The number of carbonyl (C=O) groups is 2. The van der Waals surface area contributed by atoms with E-state index in [-0.39, 0.29) is 30.6 Å². The largest absolute Gasteiger partial charge is 0.352 e. The van der Waals surface area contributed by atoms with Crippen molar-refractivity contribution in [3.63, 3.8) is 0 Å². The van der Waals surface area contributed by atoms with Gasteiger partial charge in [0.15, 0.2) is 0 Å². The molecule has 3 aromatic carbocycles. The normalized spacial score (nSPS) is 12.2. The van der Waals surface area contributed by atoms with Crippen LogP contribution in [0.25, 0.3) is 0 Å². The van der Waals surface area contributed by atoms with Gasteiger partial charge < -0.3 is 10.2 Å². The van der Waals surface area contributed by atoms with Crippen molar-refractivity contribution in [2.24, 2.45) is 0 Å². The third kappa shape index (κ3) is 8.03. The Hall–Kier alpha value is -3.43. The maximum atomic E-state index is 14.6. The first-order valence-corrected chi connectivity index (χ1v) is 14.3. The van der Waals surface area contributed by atoms with Gasteiger partial charge in [0.2, 0.25) is 21.8 Å². The Bertz CT molecular complexity index is 1350. The molecule has 2 amide bonds. The van der Waals surface area contributed by atoms with Crippen LogP contribution in [0.3, 0.4) is 0 Å². The topological polar surface area (TPSA) is 86.8 Å². The van der Waals surface area contributed by atoms with Gasteiger partial charge in [-0.1, -0.05) is 66.2 Å². The molecule has 202 valence electrons. The van der Waals surface area contributed by atoms with Gasteiger partial charge in [0.25, 0.3) is 0 Å². The van der Waals surface area contributed by atoms with E-state index in [1.54, 1.807) is 24.3 Å². The van der Waals surface area contributed by atoms with E-state index in [4.69, 9.17) is 11.6 Å². The Morgan fingerprint density at radius 2 is 1.53 bits per heavy atom. The highest BCUT2D eigenvalue weighted by Gasteiger charge is 2.33. The fourth-order valence-electron chi connectivity index (χ4n) is 3.97. The molecule has 3 rings (SSSR count). The van der Waals surface area contributed by atoms with E-state index in [9.17, 15) is 22.4 Å². The summed E-state index contributed by atoms with van der Waals surface area (Å²) >= 11 is 6.04. The zero-order valence-corrected chi connectivity index (χ0v) is 23.0. The lowest BCUT2D eigenvalue weighted by Crippen LogP contribution is -2.54. The monoisotopic (exact) mass is 559 g/mol. The van der Waals surface area contributed by atoms with Gasteiger partial charge in [0.1, 0.15) is 18.4 Å². The minimum atomic E-state index is -4.04. The fourth-order valence-corrected chi connectivity index (χ4v) is 4.95. The summed E-state index contributed by atoms with van der Waals surface area (Å²) in [5.41, 5.74) is 1.26. The minimum Gasteiger partial charge on any atom is -0.352 e. The van der Waals surface area contributed by atoms with Gasteiger partial charge in [0, 0.05) is 24.0 Å². The third-order valence-corrected chi connectivity index (χ3v) is 7.15. The second-order valence-corrected chi connectivity index (χ2v) is 11.6. The zero-order valence-electron chi connectivity index (χ0n) is 21.5. The van der Waals surface area contributed by atoms with E-state index >= 15 is 0 Å². The highest BCUT2D eigenvalue weighted by molar-refractivity contribution is 7.92. The van der Waals surface area contributed by atoms with E-state index in [1.807, 2.05) is 44.2 Å². The molecular formula is C28H31ClFN3O4S. The number of sulfonamides is 1. The average molecular weight is 560 g/mol. The summed E-state index contributed by atoms with van der Waals surface area (Å²) in [7, 11) is -4.04. The Kier molecular flexibility index (Phi) is 9.88. The molecule has 3 aromatic rings. The quantitative estimate of drug-likeness (QED) is 0.377. The molecule has 0 aliphatic heterocycles. The molecule has 0 aliphatic rings. The van der Waals surface area contributed by atoms with Gasteiger partial charge in [-0.15, -0.1) is 0 Å². The number of carbonyl (C=O) groups excluding carboxylic acids is 2. The standard InChI is InChI=1S/C28H31ClFN3O4S/c1-20(2)31-28(35)26(17-21-9-5-4-6-10-21)32(18-22-13-15-23(29)16-14-22)27(34)19-33(38(3,36)37)25-12-8-7-11-24(25)30/h4-16,20,26H,17-19H2,1-3H3,(H,31,35). The fraction of sp³-hybridized carbons (Fsp3) is 0.286. The highest BCUT2D eigenvalue weighted by atomic mass is 35.5. The minimum absolute atomic E-state index is 0.00783. The lowest BCUT2D eigenvalue weighted by atomic mass is 10.0. The first-order chi connectivity index (χ1) is 18.0. The molecule has 0 radical (unpaired) electrons. The summed E-state index contributed by atoms with van der Waals surface area (Å²) in [5, 5.41) is 3.38. The molecule has 0 aliphatic carbocycles. The number of para-hydroxylation sites is 1. The number of nitrogens with one attached hydrogen (secondary N) is 1. The number of benzene rings is 3. The lowest BCUT2D eigenvalue weighted by Gasteiger charge is -2.34. The van der Waals surface area contributed by atoms with Crippen LogP contribution >= 0.6 is 11.6 Å². The van der Waals surface area contributed by atoms with Crippen LogP contribution in [-0.4, -0.2) is 50.0 Å². The Balaban J connectivity index is 2.06. The average Bonchev–Trinajstić information content (AvgIpc) is 2.85. The van der Waals surface area contributed by atoms with Crippen molar-refractivity contribution in [1.29, 1.82) is 0 Å². The summed E-state index contributed by atoms with van der Waals surface area (Å²) in [6, 6.07) is 20.2. The second-order valence-electron chi connectivity index (χ2n) is 9.24. The van der Waals surface area contributed by atoms with E-state index < -0.39 is 34.3 Å². The van der Waals surface area contributed by atoms with Crippen molar-refractivity contribution in [2.45, 2.75) is 38.9 Å². The molecule has 1 unspecified atom stereocenters. The molecule has 1 atom stereocenters. The zero-order chi connectivity index (χ0) is 27.9. The van der Waals surface area contributed by atoms with Crippen molar-refractivity contribution in [3.05, 3.63) is 101 Å². The van der Waals surface area contributed by atoms with Crippen LogP contribution in [0.2, 0.25) is 5.02 Å². The van der Waals surface area contributed by atoms with Crippen molar-refractivity contribution >= 4 is 39.1 Å². The molecule has 0 heterocycles. The van der Waals surface area contributed by atoms with Gasteiger partial charge in [-0.25, -0.2) is 12.8 Å². The van der Waals surface area contributed by atoms with Gasteiger partial charge >= 0.3 is 0 Å². The van der Waals surface area contributed by atoms with Crippen LogP contribution in [0, 0.1) is 5.82 Å². The highest BCUT2D eigenvalue weighted by Crippen LogP contribution is 2.23.